The molecule has 2 heterocycles. The summed E-state index contributed by atoms with van der Waals surface area (Å²) in [7, 11) is 0. The molecule has 2 aromatic rings. The van der Waals surface area contributed by atoms with Crippen LogP contribution in [0.3, 0.4) is 0 Å². The summed E-state index contributed by atoms with van der Waals surface area (Å²) in [5.41, 5.74) is 1.31. The molecule has 124 valence electrons. The van der Waals surface area contributed by atoms with E-state index in [1.807, 2.05) is 6.92 Å². The van der Waals surface area contributed by atoms with Crippen molar-refractivity contribution in [1.82, 2.24) is 19.9 Å². The van der Waals surface area contributed by atoms with Crippen LogP contribution in [0.5, 0.6) is 0 Å². The Labute approximate surface area is 134 Å². The van der Waals surface area contributed by atoms with Gasteiger partial charge in [-0.05, 0) is 31.9 Å². The van der Waals surface area contributed by atoms with Crippen molar-refractivity contribution in [1.29, 1.82) is 0 Å². The summed E-state index contributed by atoms with van der Waals surface area (Å²) in [6, 6.07) is 3.52. The number of unbranched alkanes of at least 4 members (excludes halogenated alkanes) is 4. The van der Waals surface area contributed by atoms with Crippen molar-refractivity contribution in [3.63, 3.8) is 0 Å². The third kappa shape index (κ3) is 5.05. The molecule has 2 N–H and O–H groups in total. The number of aliphatic carboxylic acids is 1. The minimum atomic E-state index is -0.738. The van der Waals surface area contributed by atoms with Crippen molar-refractivity contribution in [3.05, 3.63) is 29.7 Å². The van der Waals surface area contributed by atoms with Gasteiger partial charge in [-0.3, -0.25) is 14.0 Å². The molecule has 0 aliphatic carbocycles. The van der Waals surface area contributed by atoms with Gasteiger partial charge >= 0.3 is 5.97 Å². The van der Waals surface area contributed by atoms with E-state index in [1.165, 1.54) is 0 Å². The fourth-order valence-electron chi connectivity index (χ4n) is 2.38. The van der Waals surface area contributed by atoms with Crippen molar-refractivity contribution < 1.29 is 14.7 Å². The molecular weight excluding hydrogens is 296 g/mol. The maximum absolute atomic E-state index is 12.1. The minimum Gasteiger partial charge on any atom is -0.481 e. The molecule has 7 nitrogen and oxygen atoms in total. The maximum atomic E-state index is 12.1. The molecule has 1 amide bonds. The molecule has 0 fully saturated rings. The second kappa shape index (κ2) is 8.26. The van der Waals surface area contributed by atoms with Gasteiger partial charge in [-0.15, -0.1) is 10.2 Å². The first kappa shape index (κ1) is 16.9. The van der Waals surface area contributed by atoms with Crippen LogP contribution in [-0.4, -0.2) is 38.1 Å². The number of hydrogen-bond acceptors (Lipinski definition) is 4. The zero-order valence-corrected chi connectivity index (χ0v) is 13.3. The van der Waals surface area contributed by atoms with Gasteiger partial charge in [0.05, 0.1) is 5.56 Å². The summed E-state index contributed by atoms with van der Waals surface area (Å²) in [5, 5.41) is 19.4. The number of aryl methyl sites for hydroxylation is 1. The fraction of sp³-hybridized carbons (Fsp3) is 0.500. The molecule has 0 spiro atoms. The summed E-state index contributed by atoms with van der Waals surface area (Å²) >= 11 is 0. The van der Waals surface area contributed by atoms with Gasteiger partial charge in [-0.2, -0.15) is 0 Å². The summed E-state index contributed by atoms with van der Waals surface area (Å²) in [6.07, 6.45) is 6.50. The first-order valence-corrected chi connectivity index (χ1v) is 7.89. The summed E-state index contributed by atoms with van der Waals surface area (Å²) in [6.45, 7) is 2.46. The molecule has 0 aromatic carbocycles. The molecule has 0 aliphatic rings. The Hall–Kier alpha value is -2.44. The van der Waals surface area contributed by atoms with Gasteiger partial charge in [0, 0.05) is 19.2 Å². The Bertz CT molecular complexity index is 681. The van der Waals surface area contributed by atoms with Crippen molar-refractivity contribution in [2.45, 2.75) is 45.4 Å². The highest BCUT2D eigenvalue weighted by molar-refractivity contribution is 5.94. The highest BCUT2D eigenvalue weighted by atomic mass is 16.4. The van der Waals surface area contributed by atoms with E-state index in [4.69, 9.17) is 5.11 Å². The molecule has 23 heavy (non-hydrogen) atoms. The Morgan fingerprint density at radius 2 is 1.87 bits per heavy atom. The Kier molecular flexibility index (Phi) is 6.08. The number of hydrogen-bond donors (Lipinski definition) is 2. The molecule has 0 radical (unpaired) electrons. The molecule has 0 unspecified atom stereocenters. The number of nitrogens with one attached hydrogen (secondary N) is 1. The van der Waals surface area contributed by atoms with Crippen LogP contribution >= 0.6 is 0 Å². The van der Waals surface area contributed by atoms with Gasteiger partial charge in [-0.1, -0.05) is 19.3 Å². The summed E-state index contributed by atoms with van der Waals surface area (Å²) < 4.78 is 1.79. The smallest absolute Gasteiger partial charge is 0.303 e. The second-order valence-corrected chi connectivity index (χ2v) is 5.56. The number of carbonyl (C=O) groups excluding carboxylic acids is 1. The lowest BCUT2D eigenvalue weighted by molar-refractivity contribution is -0.137. The van der Waals surface area contributed by atoms with E-state index in [0.717, 1.165) is 43.6 Å². The molecule has 0 saturated carbocycles. The first-order chi connectivity index (χ1) is 11.1. The van der Waals surface area contributed by atoms with E-state index in [0.29, 0.717) is 12.1 Å². The number of pyridine rings is 1. The second-order valence-electron chi connectivity index (χ2n) is 5.56. The first-order valence-electron chi connectivity index (χ1n) is 7.89. The number of carboxylic acids is 1. The van der Waals surface area contributed by atoms with Crippen molar-refractivity contribution in [2.24, 2.45) is 0 Å². The van der Waals surface area contributed by atoms with Gasteiger partial charge in [0.15, 0.2) is 5.65 Å². The zero-order chi connectivity index (χ0) is 16.7. The molecule has 2 aromatic heterocycles. The normalized spacial score (nSPS) is 10.8. The number of carboxylic acid groups (broad SMARTS) is 1. The average molecular weight is 318 g/mol. The Balaban J connectivity index is 1.68. The van der Waals surface area contributed by atoms with E-state index in [2.05, 4.69) is 15.5 Å². The third-order valence-corrected chi connectivity index (χ3v) is 3.69. The third-order valence-electron chi connectivity index (χ3n) is 3.69. The molecule has 0 bridgehead atoms. The topological polar surface area (TPSA) is 96.6 Å². The monoisotopic (exact) mass is 318 g/mol. The van der Waals surface area contributed by atoms with E-state index in [-0.39, 0.29) is 12.3 Å². The minimum absolute atomic E-state index is 0.106. The van der Waals surface area contributed by atoms with Crippen LogP contribution in [0, 0.1) is 6.92 Å². The standard InChI is InChI=1S/C16H22N4O3/c1-12-18-19-14-9-8-13(11-20(12)14)16(23)17-10-6-4-2-3-5-7-15(21)22/h8-9,11H,2-7,10H2,1H3,(H,17,23)(H,21,22). The molecule has 0 saturated heterocycles. The van der Waals surface area contributed by atoms with Gasteiger partial charge in [0.2, 0.25) is 0 Å². The average Bonchev–Trinajstić information content (AvgIpc) is 2.90. The van der Waals surface area contributed by atoms with Crippen LogP contribution < -0.4 is 5.32 Å². The molecule has 0 aliphatic heterocycles. The summed E-state index contributed by atoms with van der Waals surface area (Å²) in [5.74, 6) is -0.0977. The number of nitrogens with zero attached hydrogens (tertiary/aromatic N) is 3. The van der Waals surface area contributed by atoms with Gasteiger partial charge < -0.3 is 10.4 Å². The van der Waals surface area contributed by atoms with Crippen molar-refractivity contribution in [2.75, 3.05) is 6.54 Å². The van der Waals surface area contributed by atoms with Crippen molar-refractivity contribution in [3.8, 4) is 0 Å². The lowest BCUT2D eigenvalue weighted by atomic mass is 10.1. The fourth-order valence-corrected chi connectivity index (χ4v) is 2.38. The Morgan fingerprint density at radius 3 is 2.65 bits per heavy atom. The molecule has 7 heteroatoms. The van der Waals surface area contributed by atoms with Crippen LogP contribution in [0.2, 0.25) is 0 Å². The maximum Gasteiger partial charge on any atom is 0.303 e. The van der Waals surface area contributed by atoms with E-state index in [9.17, 15) is 9.59 Å². The molecule has 2 rings (SSSR count). The van der Waals surface area contributed by atoms with Gasteiger partial charge in [0.25, 0.3) is 5.91 Å². The lowest BCUT2D eigenvalue weighted by Crippen LogP contribution is -2.24. The highest BCUT2D eigenvalue weighted by Gasteiger charge is 2.08. The number of rotatable bonds is 9. The highest BCUT2D eigenvalue weighted by Crippen LogP contribution is 2.07. The van der Waals surface area contributed by atoms with Gasteiger partial charge in [0.1, 0.15) is 5.82 Å². The quantitative estimate of drug-likeness (QED) is 0.691. The number of carbonyl (C=O) groups is 2. The van der Waals surface area contributed by atoms with Crippen LogP contribution in [0.25, 0.3) is 5.65 Å². The Morgan fingerprint density at radius 1 is 1.13 bits per heavy atom. The summed E-state index contributed by atoms with van der Waals surface area (Å²) in [4.78, 5) is 22.5. The molecule has 0 atom stereocenters. The van der Waals surface area contributed by atoms with Crippen LogP contribution in [0.15, 0.2) is 18.3 Å². The SMILES string of the molecule is Cc1nnc2ccc(C(=O)NCCCCCCCC(=O)O)cn12. The number of aromatic nitrogens is 3. The van der Waals surface area contributed by atoms with E-state index in [1.54, 1.807) is 22.7 Å². The van der Waals surface area contributed by atoms with Crippen LogP contribution in [0.4, 0.5) is 0 Å². The van der Waals surface area contributed by atoms with Crippen LogP contribution in [0.1, 0.15) is 54.7 Å². The predicted octanol–water partition coefficient (Wildman–Crippen LogP) is 2.19. The molecular formula is C16H22N4O3. The van der Waals surface area contributed by atoms with Gasteiger partial charge in [-0.25, -0.2) is 0 Å². The van der Waals surface area contributed by atoms with Crippen molar-refractivity contribution >= 4 is 17.5 Å². The largest absolute Gasteiger partial charge is 0.481 e. The lowest BCUT2D eigenvalue weighted by Gasteiger charge is -2.06. The number of amides is 1. The van der Waals surface area contributed by atoms with Crippen LogP contribution in [-0.2, 0) is 4.79 Å². The van der Waals surface area contributed by atoms with E-state index >= 15 is 0 Å². The number of fused-ring (bicyclic) bond motifs is 1. The predicted molar refractivity (Wildman–Crippen MR) is 85.4 cm³/mol. The van der Waals surface area contributed by atoms with E-state index < -0.39 is 5.97 Å². The zero-order valence-electron chi connectivity index (χ0n) is 13.3.